The maximum atomic E-state index is 13.2. The van der Waals surface area contributed by atoms with Crippen LogP contribution in [0.2, 0.25) is 5.02 Å². The van der Waals surface area contributed by atoms with Crippen molar-refractivity contribution in [3.63, 3.8) is 0 Å². The van der Waals surface area contributed by atoms with E-state index in [0.717, 1.165) is 0 Å². The molecule has 40 heavy (non-hydrogen) atoms. The smallest absolute Gasteiger partial charge is 0.272 e. The van der Waals surface area contributed by atoms with Crippen molar-refractivity contribution < 1.29 is 19.3 Å². The first-order chi connectivity index (χ1) is 19.3. The number of hydrogen-bond acceptors (Lipinski definition) is 5. The lowest BCUT2D eigenvalue weighted by Gasteiger charge is -2.12. The third-order valence-corrected chi connectivity index (χ3v) is 5.92. The predicted molar refractivity (Wildman–Crippen MR) is 155 cm³/mol. The summed E-state index contributed by atoms with van der Waals surface area (Å²) in [5, 5.41) is 16.7. The molecule has 0 fully saturated rings. The van der Waals surface area contributed by atoms with Crippen LogP contribution in [0.25, 0.3) is 12.2 Å². The van der Waals surface area contributed by atoms with E-state index in [1.54, 1.807) is 97.1 Å². The minimum atomic E-state index is -0.559. The van der Waals surface area contributed by atoms with Crippen LogP contribution in [0.3, 0.4) is 0 Å². The number of rotatable bonds is 9. The lowest BCUT2D eigenvalue weighted by atomic mass is 10.1. The van der Waals surface area contributed by atoms with Gasteiger partial charge in [-0.1, -0.05) is 48.0 Å². The summed E-state index contributed by atoms with van der Waals surface area (Å²) in [7, 11) is 0. The zero-order valence-electron chi connectivity index (χ0n) is 20.9. The number of carbonyl (C=O) groups excluding carboxylic acids is 3. The number of anilines is 1. The number of nitro groups is 1. The van der Waals surface area contributed by atoms with Crippen molar-refractivity contribution >= 4 is 52.7 Å². The van der Waals surface area contributed by atoms with E-state index < -0.39 is 16.7 Å². The Labute approximate surface area is 234 Å². The van der Waals surface area contributed by atoms with Crippen LogP contribution in [0.5, 0.6) is 0 Å². The molecule has 0 radical (unpaired) electrons. The molecular weight excluding hydrogens is 530 g/mol. The number of nitro benzene ring substituents is 1. The van der Waals surface area contributed by atoms with E-state index in [4.69, 9.17) is 11.6 Å². The predicted octanol–water partition coefficient (Wildman–Crippen LogP) is 6.55. The molecule has 4 aromatic carbocycles. The maximum absolute atomic E-state index is 13.2. The molecule has 9 heteroatoms. The van der Waals surface area contributed by atoms with Gasteiger partial charge in [-0.15, -0.1) is 0 Å². The summed E-state index contributed by atoms with van der Waals surface area (Å²) in [4.78, 5) is 48.8. The second-order valence-electron chi connectivity index (χ2n) is 8.51. The van der Waals surface area contributed by atoms with Crippen LogP contribution >= 0.6 is 11.6 Å². The summed E-state index contributed by atoms with van der Waals surface area (Å²) < 4.78 is 0. The van der Waals surface area contributed by atoms with Crippen molar-refractivity contribution in [3.8, 4) is 0 Å². The molecule has 0 unspecified atom stereocenters. The average Bonchev–Trinajstić information content (AvgIpc) is 2.97. The standard InChI is InChI=1S/C31H22ClN3O5/c32-25-13-6-22(7-14-25)20-28(34-30(37)24-4-2-1-3-5-24)31(38)33-26-15-11-23(12-16-26)29(36)19-10-21-8-17-27(18-9-21)35(39)40/h1-20H,(H,33,38)(H,34,37)/b19-10+,28-20-. The number of benzene rings is 4. The van der Waals surface area contributed by atoms with Crippen LogP contribution in [0.1, 0.15) is 31.8 Å². The molecule has 0 atom stereocenters. The molecule has 4 aromatic rings. The lowest BCUT2D eigenvalue weighted by molar-refractivity contribution is -0.384. The van der Waals surface area contributed by atoms with E-state index in [1.807, 2.05) is 0 Å². The summed E-state index contributed by atoms with van der Waals surface area (Å²) >= 11 is 5.96. The van der Waals surface area contributed by atoms with Gasteiger partial charge in [0.2, 0.25) is 0 Å². The molecule has 0 bridgehead atoms. The highest BCUT2D eigenvalue weighted by molar-refractivity contribution is 6.30. The van der Waals surface area contributed by atoms with E-state index in [1.165, 1.54) is 24.3 Å². The van der Waals surface area contributed by atoms with E-state index in [9.17, 15) is 24.5 Å². The first-order valence-corrected chi connectivity index (χ1v) is 12.4. The molecule has 8 nitrogen and oxygen atoms in total. The highest BCUT2D eigenvalue weighted by Gasteiger charge is 2.15. The minimum absolute atomic E-state index is 0.0161. The number of ketones is 1. The van der Waals surface area contributed by atoms with Gasteiger partial charge in [-0.25, -0.2) is 0 Å². The van der Waals surface area contributed by atoms with Crippen molar-refractivity contribution in [2.75, 3.05) is 5.32 Å². The topological polar surface area (TPSA) is 118 Å². The molecule has 0 aliphatic rings. The number of allylic oxidation sites excluding steroid dienone is 1. The third kappa shape index (κ3) is 7.59. The molecular formula is C31H22ClN3O5. The molecule has 2 N–H and O–H groups in total. The summed E-state index contributed by atoms with van der Waals surface area (Å²) in [6, 6.07) is 27.4. The maximum Gasteiger partial charge on any atom is 0.272 e. The zero-order valence-corrected chi connectivity index (χ0v) is 21.7. The Hall–Kier alpha value is -5.34. The van der Waals surface area contributed by atoms with Crippen molar-refractivity contribution in [1.29, 1.82) is 0 Å². The molecule has 0 spiro atoms. The first-order valence-electron chi connectivity index (χ1n) is 12.0. The zero-order chi connectivity index (χ0) is 28.5. The molecule has 2 amide bonds. The fourth-order valence-electron chi connectivity index (χ4n) is 3.56. The Balaban J connectivity index is 1.46. The van der Waals surface area contributed by atoms with E-state index in [2.05, 4.69) is 10.6 Å². The van der Waals surface area contributed by atoms with Crippen molar-refractivity contribution in [3.05, 3.63) is 152 Å². The van der Waals surface area contributed by atoms with E-state index in [-0.39, 0.29) is 17.2 Å². The number of carbonyl (C=O) groups is 3. The summed E-state index contributed by atoms with van der Waals surface area (Å²) in [6.45, 7) is 0. The first kappa shape index (κ1) is 27.7. The molecule has 0 aliphatic heterocycles. The van der Waals surface area contributed by atoms with Gasteiger partial charge in [0.15, 0.2) is 5.78 Å². The van der Waals surface area contributed by atoms with Crippen LogP contribution in [0, 0.1) is 10.1 Å². The van der Waals surface area contributed by atoms with Gasteiger partial charge in [0.1, 0.15) is 5.70 Å². The van der Waals surface area contributed by atoms with Crippen molar-refractivity contribution in [2.45, 2.75) is 0 Å². The summed E-state index contributed by atoms with van der Waals surface area (Å²) in [5.41, 5.74) is 2.46. The lowest BCUT2D eigenvalue weighted by Crippen LogP contribution is -2.30. The van der Waals surface area contributed by atoms with Crippen LogP contribution < -0.4 is 10.6 Å². The molecule has 0 aliphatic carbocycles. The Morgan fingerprint density at radius 1 is 0.750 bits per heavy atom. The van der Waals surface area contributed by atoms with Gasteiger partial charge in [-0.3, -0.25) is 24.5 Å². The molecule has 0 saturated carbocycles. The van der Waals surface area contributed by atoms with Crippen LogP contribution in [0.15, 0.2) is 115 Å². The Bertz CT molecular complexity index is 1600. The molecule has 0 heterocycles. The van der Waals surface area contributed by atoms with Gasteiger partial charge in [0.05, 0.1) is 4.92 Å². The number of halogens is 1. The quantitative estimate of drug-likeness (QED) is 0.106. The summed E-state index contributed by atoms with van der Waals surface area (Å²) in [5.74, 6) is -1.29. The van der Waals surface area contributed by atoms with Gasteiger partial charge in [-0.05, 0) is 83.9 Å². The van der Waals surface area contributed by atoms with Crippen LogP contribution in [0.4, 0.5) is 11.4 Å². The average molecular weight is 552 g/mol. The van der Waals surface area contributed by atoms with Gasteiger partial charge < -0.3 is 10.6 Å². The van der Waals surface area contributed by atoms with Gasteiger partial charge >= 0.3 is 0 Å². The SMILES string of the molecule is O=C(Nc1ccc(C(=O)/C=C/c2ccc([N+](=O)[O-])cc2)cc1)/C(=C/c1ccc(Cl)cc1)NC(=O)c1ccccc1. The number of nitrogens with one attached hydrogen (secondary N) is 2. The Morgan fingerprint density at radius 2 is 1.38 bits per heavy atom. The highest BCUT2D eigenvalue weighted by Crippen LogP contribution is 2.17. The molecule has 4 rings (SSSR count). The normalized spacial score (nSPS) is 11.2. The third-order valence-electron chi connectivity index (χ3n) is 5.67. The molecule has 0 saturated heterocycles. The van der Waals surface area contributed by atoms with Crippen molar-refractivity contribution in [1.82, 2.24) is 5.32 Å². The molecule has 198 valence electrons. The van der Waals surface area contributed by atoms with E-state index in [0.29, 0.717) is 33.0 Å². The second kappa shape index (κ2) is 12.9. The van der Waals surface area contributed by atoms with Crippen LogP contribution in [-0.2, 0) is 4.79 Å². The number of non-ortho nitro benzene ring substituents is 1. The Morgan fingerprint density at radius 3 is 2.00 bits per heavy atom. The fraction of sp³-hybridized carbons (Fsp3) is 0. The fourth-order valence-corrected chi connectivity index (χ4v) is 3.69. The minimum Gasteiger partial charge on any atom is -0.321 e. The monoisotopic (exact) mass is 551 g/mol. The van der Waals surface area contributed by atoms with Crippen molar-refractivity contribution in [2.24, 2.45) is 0 Å². The van der Waals surface area contributed by atoms with Gasteiger partial charge in [-0.2, -0.15) is 0 Å². The van der Waals surface area contributed by atoms with Gasteiger partial charge in [0.25, 0.3) is 17.5 Å². The van der Waals surface area contributed by atoms with E-state index >= 15 is 0 Å². The van der Waals surface area contributed by atoms with Gasteiger partial charge in [0, 0.05) is 34.0 Å². The largest absolute Gasteiger partial charge is 0.321 e. The number of hydrogen-bond donors (Lipinski definition) is 2. The summed E-state index contributed by atoms with van der Waals surface area (Å²) in [6.07, 6.45) is 4.46. The number of nitrogens with zero attached hydrogens (tertiary/aromatic N) is 1. The highest BCUT2D eigenvalue weighted by atomic mass is 35.5. The second-order valence-corrected chi connectivity index (χ2v) is 8.94. The molecule has 0 aromatic heterocycles. The Kier molecular flexibility index (Phi) is 8.96. The number of amides is 2. The van der Waals surface area contributed by atoms with Crippen LogP contribution in [-0.4, -0.2) is 22.5 Å².